The van der Waals surface area contributed by atoms with Gasteiger partial charge in [-0.25, -0.2) is 13.1 Å². The van der Waals surface area contributed by atoms with Crippen molar-refractivity contribution in [2.75, 3.05) is 26.8 Å². The number of nitrogens with one attached hydrogen (secondary N) is 2. The van der Waals surface area contributed by atoms with Gasteiger partial charge in [-0.2, -0.15) is 0 Å². The summed E-state index contributed by atoms with van der Waals surface area (Å²) in [7, 11) is -2.12. The van der Waals surface area contributed by atoms with Gasteiger partial charge in [-0.05, 0) is 42.8 Å². The SMILES string of the molecule is COc1ccc(S(=O)(=O)NCCNC(=O)CCCOc2ccccc2Cl)cc1. The Morgan fingerprint density at radius 2 is 1.79 bits per heavy atom. The van der Waals surface area contributed by atoms with E-state index in [9.17, 15) is 13.2 Å². The van der Waals surface area contributed by atoms with E-state index in [2.05, 4.69) is 10.0 Å². The molecule has 2 aromatic carbocycles. The van der Waals surface area contributed by atoms with Crippen LogP contribution < -0.4 is 19.5 Å². The molecule has 0 radical (unpaired) electrons. The molecule has 7 nitrogen and oxygen atoms in total. The van der Waals surface area contributed by atoms with Crippen LogP contribution in [0.15, 0.2) is 53.4 Å². The molecule has 0 heterocycles. The molecule has 0 saturated carbocycles. The number of halogens is 1. The Balaban J connectivity index is 1.63. The lowest BCUT2D eigenvalue weighted by molar-refractivity contribution is -0.121. The Hall–Kier alpha value is -2.29. The normalized spacial score (nSPS) is 11.1. The molecule has 0 fully saturated rings. The molecule has 0 aliphatic rings. The monoisotopic (exact) mass is 426 g/mol. The number of carbonyl (C=O) groups is 1. The molecular weight excluding hydrogens is 404 g/mol. The molecule has 0 aromatic heterocycles. The van der Waals surface area contributed by atoms with E-state index in [1.54, 1.807) is 24.3 Å². The Morgan fingerprint density at radius 1 is 1.07 bits per heavy atom. The molecule has 2 N–H and O–H groups in total. The van der Waals surface area contributed by atoms with E-state index in [-0.39, 0.29) is 30.3 Å². The summed E-state index contributed by atoms with van der Waals surface area (Å²) in [6.45, 7) is 0.650. The van der Waals surface area contributed by atoms with Gasteiger partial charge in [0.1, 0.15) is 11.5 Å². The molecule has 0 saturated heterocycles. The summed E-state index contributed by atoms with van der Waals surface area (Å²) in [4.78, 5) is 11.9. The largest absolute Gasteiger partial charge is 0.497 e. The summed E-state index contributed by atoms with van der Waals surface area (Å²) >= 11 is 5.98. The zero-order valence-corrected chi connectivity index (χ0v) is 17.1. The standard InChI is InChI=1S/C19H23ClN2O5S/c1-26-15-8-10-16(11-9-15)28(24,25)22-13-12-21-19(23)7-4-14-27-18-6-3-2-5-17(18)20/h2-3,5-6,8-11,22H,4,7,12-14H2,1H3,(H,21,23). The van der Waals surface area contributed by atoms with Gasteiger partial charge >= 0.3 is 0 Å². The molecule has 2 aromatic rings. The first-order chi connectivity index (χ1) is 13.4. The molecule has 0 spiro atoms. The van der Waals surface area contributed by atoms with Crippen molar-refractivity contribution < 1.29 is 22.7 Å². The highest BCUT2D eigenvalue weighted by Gasteiger charge is 2.13. The van der Waals surface area contributed by atoms with Gasteiger partial charge in [0.25, 0.3) is 0 Å². The molecule has 1 amide bonds. The molecule has 0 aliphatic heterocycles. The first-order valence-electron chi connectivity index (χ1n) is 8.70. The van der Waals surface area contributed by atoms with Crippen LogP contribution in [0.2, 0.25) is 5.02 Å². The summed E-state index contributed by atoms with van der Waals surface area (Å²) in [5, 5.41) is 3.19. The highest BCUT2D eigenvalue weighted by atomic mass is 35.5. The van der Waals surface area contributed by atoms with Gasteiger partial charge < -0.3 is 14.8 Å². The van der Waals surface area contributed by atoms with Gasteiger partial charge in [0.15, 0.2) is 0 Å². The maximum absolute atomic E-state index is 12.2. The lowest BCUT2D eigenvalue weighted by atomic mass is 10.3. The van der Waals surface area contributed by atoms with Crippen molar-refractivity contribution in [1.29, 1.82) is 0 Å². The number of ether oxygens (including phenoxy) is 2. The lowest BCUT2D eigenvalue weighted by Crippen LogP contribution is -2.34. The van der Waals surface area contributed by atoms with Gasteiger partial charge in [-0.15, -0.1) is 0 Å². The van der Waals surface area contributed by atoms with Crippen LogP contribution in [-0.4, -0.2) is 41.1 Å². The van der Waals surface area contributed by atoms with Gasteiger partial charge in [0.2, 0.25) is 15.9 Å². The Morgan fingerprint density at radius 3 is 2.46 bits per heavy atom. The predicted molar refractivity (Wildman–Crippen MR) is 107 cm³/mol. The molecule has 152 valence electrons. The van der Waals surface area contributed by atoms with E-state index in [4.69, 9.17) is 21.1 Å². The van der Waals surface area contributed by atoms with Crippen LogP contribution in [0.25, 0.3) is 0 Å². The number of para-hydroxylation sites is 1. The summed E-state index contributed by atoms with van der Waals surface area (Å²) in [6, 6.07) is 13.2. The molecule has 0 bridgehead atoms. The second kappa shape index (κ2) is 10.9. The summed E-state index contributed by atoms with van der Waals surface area (Å²) in [5.41, 5.74) is 0. The lowest BCUT2D eigenvalue weighted by Gasteiger charge is -2.09. The molecule has 0 atom stereocenters. The minimum absolute atomic E-state index is 0.0935. The average molecular weight is 427 g/mol. The van der Waals surface area contributed by atoms with Gasteiger partial charge in [0, 0.05) is 19.5 Å². The van der Waals surface area contributed by atoms with Crippen molar-refractivity contribution >= 4 is 27.5 Å². The fourth-order valence-corrected chi connectivity index (χ4v) is 3.51. The number of sulfonamides is 1. The van der Waals surface area contributed by atoms with Crippen molar-refractivity contribution in [1.82, 2.24) is 10.0 Å². The molecule has 2 rings (SSSR count). The second-order valence-corrected chi connectivity index (χ2v) is 7.98. The van der Waals surface area contributed by atoms with Crippen molar-refractivity contribution in [2.24, 2.45) is 0 Å². The average Bonchev–Trinajstić information content (AvgIpc) is 2.70. The number of rotatable bonds is 11. The number of hydrogen-bond acceptors (Lipinski definition) is 5. The molecule has 28 heavy (non-hydrogen) atoms. The molecule has 0 unspecified atom stereocenters. The second-order valence-electron chi connectivity index (χ2n) is 5.81. The third-order valence-electron chi connectivity index (χ3n) is 3.75. The van der Waals surface area contributed by atoms with Crippen LogP contribution in [0.3, 0.4) is 0 Å². The van der Waals surface area contributed by atoms with Gasteiger partial charge in [-0.3, -0.25) is 4.79 Å². The first kappa shape index (κ1) is 22.0. The topological polar surface area (TPSA) is 93.7 Å². The van der Waals surface area contributed by atoms with E-state index < -0.39 is 10.0 Å². The minimum Gasteiger partial charge on any atom is -0.497 e. The van der Waals surface area contributed by atoms with Crippen LogP contribution in [0.5, 0.6) is 11.5 Å². The Labute approximate surface area is 170 Å². The Bertz CT molecular complexity index is 872. The van der Waals surface area contributed by atoms with E-state index in [0.717, 1.165) is 0 Å². The number of amides is 1. The van der Waals surface area contributed by atoms with Crippen LogP contribution in [-0.2, 0) is 14.8 Å². The number of carbonyl (C=O) groups excluding carboxylic acids is 1. The first-order valence-corrected chi connectivity index (χ1v) is 10.6. The third kappa shape index (κ3) is 7.03. The van der Waals surface area contributed by atoms with Crippen molar-refractivity contribution in [3.05, 3.63) is 53.6 Å². The van der Waals surface area contributed by atoms with Crippen LogP contribution >= 0.6 is 11.6 Å². The zero-order valence-electron chi connectivity index (χ0n) is 15.5. The van der Waals surface area contributed by atoms with Crippen LogP contribution in [0.1, 0.15) is 12.8 Å². The third-order valence-corrected chi connectivity index (χ3v) is 5.54. The van der Waals surface area contributed by atoms with Crippen molar-refractivity contribution in [3.63, 3.8) is 0 Å². The number of hydrogen-bond donors (Lipinski definition) is 2. The molecule has 0 aliphatic carbocycles. The van der Waals surface area contributed by atoms with Crippen LogP contribution in [0, 0.1) is 0 Å². The van der Waals surface area contributed by atoms with E-state index in [0.29, 0.717) is 29.5 Å². The highest BCUT2D eigenvalue weighted by molar-refractivity contribution is 7.89. The van der Waals surface area contributed by atoms with E-state index in [1.165, 1.54) is 19.2 Å². The quantitative estimate of drug-likeness (QED) is 0.539. The van der Waals surface area contributed by atoms with Crippen molar-refractivity contribution in [2.45, 2.75) is 17.7 Å². The maximum atomic E-state index is 12.2. The number of methoxy groups -OCH3 is 1. The van der Waals surface area contributed by atoms with Crippen LogP contribution in [0.4, 0.5) is 0 Å². The minimum atomic E-state index is -3.63. The Kier molecular flexibility index (Phi) is 8.56. The zero-order chi connectivity index (χ0) is 20.4. The molecular formula is C19H23ClN2O5S. The fourth-order valence-electron chi connectivity index (χ4n) is 2.29. The maximum Gasteiger partial charge on any atom is 0.240 e. The van der Waals surface area contributed by atoms with Gasteiger partial charge in [-0.1, -0.05) is 23.7 Å². The fraction of sp³-hybridized carbons (Fsp3) is 0.316. The molecule has 9 heteroatoms. The smallest absolute Gasteiger partial charge is 0.240 e. The summed E-state index contributed by atoms with van der Waals surface area (Å²) < 4.78 is 37.3. The predicted octanol–water partition coefficient (Wildman–Crippen LogP) is 2.60. The highest BCUT2D eigenvalue weighted by Crippen LogP contribution is 2.23. The van der Waals surface area contributed by atoms with E-state index in [1.807, 2.05) is 12.1 Å². The van der Waals surface area contributed by atoms with Gasteiger partial charge in [0.05, 0.1) is 23.6 Å². The van der Waals surface area contributed by atoms with E-state index >= 15 is 0 Å². The van der Waals surface area contributed by atoms with Crippen molar-refractivity contribution in [3.8, 4) is 11.5 Å². The number of benzene rings is 2. The summed E-state index contributed by atoms with van der Waals surface area (Å²) in [6.07, 6.45) is 0.796. The summed E-state index contributed by atoms with van der Waals surface area (Å²) in [5.74, 6) is 0.980.